The van der Waals surface area contributed by atoms with Crippen LogP contribution in [0.3, 0.4) is 0 Å². The van der Waals surface area contributed by atoms with E-state index in [2.05, 4.69) is 44.0 Å². The van der Waals surface area contributed by atoms with Crippen LogP contribution in [0.4, 0.5) is 5.69 Å². The molecular formula is C31H41N7O5S2. The second-order valence-corrected chi connectivity index (χ2v) is 15.3. The Morgan fingerprint density at radius 3 is 1.64 bits per heavy atom. The molecule has 0 spiro atoms. The van der Waals surface area contributed by atoms with Gasteiger partial charge in [-0.25, -0.2) is 26.8 Å². The third-order valence-corrected chi connectivity index (χ3v) is 9.81. The monoisotopic (exact) mass is 655 g/mol. The second-order valence-electron chi connectivity index (χ2n) is 11.1. The number of sulfone groups is 2. The Hall–Kier alpha value is -3.85. The predicted octanol–water partition coefficient (Wildman–Crippen LogP) is 4.30. The summed E-state index contributed by atoms with van der Waals surface area (Å²) in [4.78, 5) is 30.7. The van der Waals surface area contributed by atoms with Gasteiger partial charge in [-0.1, -0.05) is 38.1 Å². The van der Waals surface area contributed by atoms with Crippen molar-refractivity contribution in [1.82, 2.24) is 29.7 Å². The molecule has 242 valence electrons. The highest BCUT2D eigenvalue weighted by Gasteiger charge is 2.42. The Balaban J connectivity index is 1.55. The summed E-state index contributed by atoms with van der Waals surface area (Å²) < 4.78 is 52.5. The van der Waals surface area contributed by atoms with Crippen molar-refractivity contribution in [2.24, 2.45) is 0 Å². The largest absolute Gasteiger partial charge is 0.346 e. The minimum absolute atomic E-state index is 0.0724. The first-order valence-electron chi connectivity index (χ1n) is 14.7. The summed E-state index contributed by atoms with van der Waals surface area (Å²) in [6, 6.07) is 14.4. The van der Waals surface area contributed by atoms with Crippen molar-refractivity contribution in [3.63, 3.8) is 0 Å². The molecular weight excluding hydrogens is 615 g/mol. The van der Waals surface area contributed by atoms with Gasteiger partial charge < -0.3 is 15.3 Å². The maximum atomic E-state index is 13.1. The number of nitrogens with zero attached hydrogens (tertiary/aromatic N) is 4. The van der Waals surface area contributed by atoms with Gasteiger partial charge in [-0.05, 0) is 61.3 Å². The lowest BCUT2D eigenvalue weighted by atomic mass is 10.1. The molecule has 45 heavy (non-hydrogen) atoms. The lowest BCUT2D eigenvalue weighted by Crippen LogP contribution is -2.40. The Bertz CT molecular complexity index is 1650. The summed E-state index contributed by atoms with van der Waals surface area (Å²) in [5.41, 5.74) is 2.82. The van der Waals surface area contributed by atoms with Crippen molar-refractivity contribution in [3.05, 3.63) is 102 Å². The van der Waals surface area contributed by atoms with Crippen molar-refractivity contribution in [2.75, 3.05) is 30.9 Å². The third-order valence-electron chi connectivity index (χ3n) is 7.20. The molecule has 0 fully saturated rings. The van der Waals surface area contributed by atoms with Crippen LogP contribution in [0.1, 0.15) is 70.6 Å². The Morgan fingerprint density at radius 2 is 1.22 bits per heavy atom. The van der Waals surface area contributed by atoms with Crippen molar-refractivity contribution < 1.29 is 21.6 Å². The van der Waals surface area contributed by atoms with Crippen LogP contribution in [0.5, 0.6) is 0 Å². The average Bonchev–Trinajstić information content (AvgIpc) is 3.69. The number of aromatic amines is 2. The van der Waals surface area contributed by atoms with Crippen LogP contribution in [0.15, 0.2) is 73.3 Å². The fraction of sp³-hybridized carbons (Fsp3) is 0.387. The Kier molecular flexibility index (Phi) is 11.3. The van der Waals surface area contributed by atoms with E-state index in [0.29, 0.717) is 16.8 Å². The molecule has 1 amide bonds. The van der Waals surface area contributed by atoms with Gasteiger partial charge in [0.15, 0.2) is 30.4 Å². The molecule has 0 saturated carbocycles. The number of carbonyl (C=O) groups is 1. The van der Waals surface area contributed by atoms with Gasteiger partial charge in [0.2, 0.25) is 0 Å². The quantitative estimate of drug-likeness (QED) is 0.160. The average molecular weight is 656 g/mol. The number of rotatable bonds is 16. The normalized spacial score (nSPS) is 13.6. The number of H-pyrrole nitrogens is 2. The second kappa shape index (κ2) is 15.0. The molecule has 3 N–H and O–H groups in total. The van der Waals surface area contributed by atoms with Gasteiger partial charge >= 0.3 is 0 Å². The summed E-state index contributed by atoms with van der Waals surface area (Å²) in [5.74, 6) is -0.162. The molecule has 0 aliphatic heterocycles. The zero-order chi connectivity index (χ0) is 32.6. The Morgan fingerprint density at radius 1 is 0.756 bits per heavy atom. The van der Waals surface area contributed by atoms with Crippen molar-refractivity contribution in [3.8, 4) is 0 Å². The van der Waals surface area contributed by atoms with Gasteiger partial charge in [-0.2, -0.15) is 0 Å². The van der Waals surface area contributed by atoms with E-state index in [1.165, 1.54) is 35.3 Å². The highest BCUT2D eigenvalue weighted by molar-refractivity contribution is 7.91. The van der Waals surface area contributed by atoms with E-state index in [4.69, 9.17) is 0 Å². The van der Waals surface area contributed by atoms with E-state index < -0.39 is 30.4 Å². The van der Waals surface area contributed by atoms with Gasteiger partial charge in [-0.15, -0.1) is 0 Å². The molecule has 4 rings (SSSR count). The number of nitrogens with one attached hydrogen (secondary N) is 3. The summed E-state index contributed by atoms with van der Waals surface area (Å²) in [5, 5.41) is 0.0538. The van der Waals surface area contributed by atoms with Gasteiger partial charge in [-0.3, -0.25) is 14.6 Å². The zero-order valence-electron chi connectivity index (χ0n) is 26.0. The van der Waals surface area contributed by atoms with E-state index in [0.717, 1.165) is 45.0 Å². The molecule has 2 heterocycles. The van der Waals surface area contributed by atoms with E-state index in [1.807, 2.05) is 24.3 Å². The number of carbonyl (C=O) groups excluding carboxylic acids is 1. The molecule has 0 aliphatic carbocycles. The number of imidazole rings is 2. The summed E-state index contributed by atoms with van der Waals surface area (Å²) in [6.07, 6.45) is 10.0. The number of aromatic nitrogens is 4. The lowest BCUT2D eigenvalue weighted by Gasteiger charge is -2.34. The highest BCUT2D eigenvalue weighted by Crippen LogP contribution is 2.36. The van der Waals surface area contributed by atoms with Crippen LogP contribution >= 0.6 is 0 Å². The summed E-state index contributed by atoms with van der Waals surface area (Å²) in [7, 11) is -7.83. The van der Waals surface area contributed by atoms with E-state index in [1.54, 1.807) is 24.3 Å². The fourth-order valence-corrected chi connectivity index (χ4v) is 7.88. The van der Waals surface area contributed by atoms with Crippen LogP contribution in [-0.4, -0.2) is 78.1 Å². The first-order chi connectivity index (χ1) is 21.4. The number of hydrogen-bond acceptors (Lipinski definition) is 9. The van der Waals surface area contributed by atoms with E-state index in [-0.39, 0.29) is 24.1 Å². The highest BCUT2D eigenvalue weighted by atomic mass is 32.2. The van der Waals surface area contributed by atoms with Crippen LogP contribution in [-0.2, 0) is 32.8 Å². The van der Waals surface area contributed by atoms with Crippen LogP contribution < -0.4 is 5.32 Å². The van der Waals surface area contributed by atoms with Crippen LogP contribution in [0.25, 0.3) is 0 Å². The minimum atomic E-state index is -3.92. The zero-order valence-corrected chi connectivity index (χ0v) is 27.6. The van der Waals surface area contributed by atoms with Crippen LogP contribution in [0.2, 0.25) is 0 Å². The number of anilines is 1. The van der Waals surface area contributed by atoms with Gasteiger partial charge in [0.25, 0.3) is 5.91 Å². The molecule has 4 aromatic rings. The number of hydrogen-bond donors (Lipinski definition) is 3. The maximum absolute atomic E-state index is 13.1. The molecule has 2 atom stereocenters. The molecule has 2 aromatic heterocycles. The van der Waals surface area contributed by atoms with Gasteiger partial charge in [0.05, 0.1) is 0 Å². The maximum Gasteiger partial charge on any atom is 0.255 e. The molecule has 0 aliphatic rings. The smallest absolute Gasteiger partial charge is 0.255 e. The summed E-state index contributed by atoms with van der Waals surface area (Å²) >= 11 is 0. The molecule has 0 radical (unpaired) electrons. The van der Waals surface area contributed by atoms with Crippen LogP contribution in [0, 0.1) is 0 Å². The van der Waals surface area contributed by atoms with Crippen molar-refractivity contribution >= 4 is 31.3 Å². The van der Waals surface area contributed by atoms with Gasteiger partial charge in [0.1, 0.15) is 11.6 Å². The minimum Gasteiger partial charge on any atom is -0.346 e. The van der Waals surface area contributed by atoms with E-state index in [9.17, 15) is 21.6 Å². The number of amides is 1. The standard InChI is InChI=1S/C31H41N7O5S2/c1-5-19-37(20-6-2)21-23-9-13-26(14-10-23)36-29(39)25-11-7-24(8-12-25)22-38(30(44(3,40)41)27-32-15-16-33-27)31(45(4,42)43)28-34-17-18-35-28/h7-18,30-31H,5-6,19-22H2,1-4H3,(H,32,33)(H,34,35)(H,36,39). The molecule has 2 aromatic carbocycles. The molecule has 2 unspecified atom stereocenters. The SMILES string of the molecule is CCCN(CCC)Cc1ccc(NC(=O)c2ccc(CN(C(c3ncc[nH]3)S(C)(=O)=O)C(c3ncc[nH]3)S(C)(=O)=O)cc2)cc1. The van der Waals surface area contributed by atoms with E-state index >= 15 is 0 Å². The fourth-order valence-electron chi connectivity index (χ4n) is 5.36. The molecule has 14 heteroatoms. The van der Waals surface area contributed by atoms with Crippen molar-refractivity contribution in [2.45, 2.75) is 50.5 Å². The third kappa shape index (κ3) is 9.10. The first-order valence-corrected chi connectivity index (χ1v) is 18.6. The molecule has 12 nitrogen and oxygen atoms in total. The Labute approximate surface area is 265 Å². The number of benzene rings is 2. The first kappa shape index (κ1) is 34.0. The molecule has 0 saturated heterocycles. The predicted molar refractivity (Wildman–Crippen MR) is 175 cm³/mol. The summed E-state index contributed by atoms with van der Waals surface area (Å²) in [6.45, 7) is 7.17. The van der Waals surface area contributed by atoms with Crippen molar-refractivity contribution in [1.29, 1.82) is 0 Å². The topological polar surface area (TPSA) is 161 Å². The van der Waals surface area contributed by atoms with Gasteiger partial charge in [0, 0.05) is 61.6 Å². The molecule has 0 bridgehead atoms. The lowest BCUT2D eigenvalue weighted by molar-refractivity contribution is 0.102.